The normalized spacial score (nSPS) is 30.3. The van der Waals surface area contributed by atoms with Gasteiger partial charge in [-0.1, -0.05) is 0 Å². The van der Waals surface area contributed by atoms with Crippen molar-refractivity contribution in [2.75, 3.05) is 27.4 Å². The van der Waals surface area contributed by atoms with E-state index in [0.29, 0.717) is 28.6 Å². The third kappa shape index (κ3) is 6.41. The van der Waals surface area contributed by atoms with Gasteiger partial charge in [-0.25, -0.2) is 24.9 Å². The third-order valence-electron chi connectivity index (χ3n) is 6.86. The number of fused-ring (bicyclic) bond motifs is 6. The smallest absolute Gasteiger partial charge is 0.325 e. The molecule has 18 nitrogen and oxygen atoms in total. The van der Waals surface area contributed by atoms with E-state index in [9.17, 15) is 14.6 Å². The molecule has 1 fully saturated rings. The number of rotatable bonds is 4. The van der Waals surface area contributed by atoms with Crippen LogP contribution in [-0.2, 0) is 75.7 Å². The molecule has 6 atom stereocenters. The molecule has 0 saturated carbocycles. The Hall–Kier alpha value is -2.16. The summed E-state index contributed by atoms with van der Waals surface area (Å²) in [7, 11) is 2.93. The lowest BCUT2D eigenvalue weighted by atomic mass is 10.1. The molecule has 2 aliphatic rings. The molecule has 44 heavy (non-hydrogen) atoms. The number of H-pyrrole nitrogens is 1. The second-order valence-corrected chi connectivity index (χ2v) is 15.4. The molecule has 2 aliphatic heterocycles. The standard InChI is InChI=1S/C22H28N8O10P2S2/c1-11-25-20-16(21(31)26-11)24-10-30(20)22-18-17(35-3)13(39-22)7-37-41(32,43)36-5-4-29-15(9-38-42(33,44)40-18)27-12-6-23-14(8-34-2)28-19(12)29/h6,10,13,17-18,22H,4-5,7-9H2,1-3H3,(H,32,43)(H,33,44)(H,25,26,31)/t13-,17-,18-,22-,41?,42?/m1/s1. The summed E-state index contributed by atoms with van der Waals surface area (Å²) in [5, 5.41) is 0. The zero-order valence-corrected chi connectivity index (χ0v) is 26.9. The molecule has 0 aromatic carbocycles. The fraction of sp³-hybridized carbons (Fsp3) is 0.545. The van der Waals surface area contributed by atoms with Crippen molar-refractivity contribution in [3.63, 3.8) is 0 Å². The average Bonchev–Trinajstić information content (AvgIpc) is 3.63. The minimum Gasteiger partial charge on any atom is -0.377 e. The lowest BCUT2D eigenvalue weighted by Gasteiger charge is -2.27. The maximum Gasteiger partial charge on any atom is 0.325 e. The first kappa shape index (κ1) is 31.8. The number of nitrogens with zero attached hydrogens (tertiary/aromatic N) is 7. The number of imidazole rings is 2. The van der Waals surface area contributed by atoms with Gasteiger partial charge in [-0.15, -0.1) is 0 Å². The largest absolute Gasteiger partial charge is 0.377 e. The Morgan fingerprint density at radius 1 is 1.11 bits per heavy atom. The molecule has 6 heterocycles. The molecule has 4 aromatic rings. The minimum atomic E-state index is -4.03. The molecule has 0 radical (unpaired) electrons. The highest BCUT2D eigenvalue weighted by molar-refractivity contribution is 8.07. The van der Waals surface area contributed by atoms with Crippen molar-refractivity contribution in [1.29, 1.82) is 0 Å². The zero-order chi connectivity index (χ0) is 31.2. The van der Waals surface area contributed by atoms with E-state index in [1.54, 1.807) is 11.5 Å². The van der Waals surface area contributed by atoms with E-state index in [1.165, 1.54) is 31.3 Å². The number of ether oxygens (including phenoxy) is 3. The molecule has 22 heteroatoms. The highest BCUT2D eigenvalue weighted by Crippen LogP contribution is 2.52. The summed E-state index contributed by atoms with van der Waals surface area (Å²) in [5.74, 6) is 1.08. The average molecular weight is 691 g/mol. The second-order valence-electron chi connectivity index (χ2n) is 9.76. The summed E-state index contributed by atoms with van der Waals surface area (Å²) in [5.41, 5.74) is 0.682. The molecule has 0 aliphatic carbocycles. The number of hydrogen-bond donors (Lipinski definition) is 3. The van der Waals surface area contributed by atoms with E-state index in [0.717, 1.165) is 0 Å². The summed E-state index contributed by atoms with van der Waals surface area (Å²) in [6.45, 7) is -6.51. The number of aryl methyl sites for hydroxylation is 1. The van der Waals surface area contributed by atoms with Gasteiger partial charge in [0, 0.05) is 20.8 Å². The van der Waals surface area contributed by atoms with E-state index in [1.807, 2.05) is 0 Å². The Balaban J connectivity index is 1.39. The molecule has 4 aromatic heterocycles. The van der Waals surface area contributed by atoms with Gasteiger partial charge in [-0.3, -0.25) is 13.9 Å². The first-order chi connectivity index (χ1) is 21.0. The first-order valence-electron chi connectivity index (χ1n) is 13.1. The van der Waals surface area contributed by atoms with Gasteiger partial charge in [-0.05, 0) is 30.5 Å². The van der Waals surface area contributed by atoms with Crippen LogP contribution >= 0.6 is 13.4 Å². The Bertz CT molecular complexity index is 1850. The van der Waals surface area contributed by atoms with Crippen molar-refractivity contribution >= 4 is 59.4 Å². The van der Waals surface area contributed by atoms with Gasteiger partial charge in [-0.2, -0.15) is 0 Å². The van der Waals surface area contributed by atoms with E-state index >= 15 is 0 Å². The van der Waals surface area contributed by atoms with Crippen LogP contribution in [0.4, 0.5) is 0 Å². The Morgan fingerprint density at radius 2 is 1.93 bits per heavy atom. The van der Waals surface area contributed by atoms with Gasteiger partial charge < -0.3 is 47.1 Å². The van der Waals surface area contributed by atoms with Gasteiger partial charge in [0.25, 0.3) is 5.56 Å². The van der Waals surface area contributed by atoms with E-state index in [-0.39, 0.29) is 44.1 Å². The maximum absolute atomic E-state index is 12.5. The van der Waals surface area contributed by atoms with Crippen molar-refractivity contribution in [1.82, 2.24) is 39.0 Å². The topological polar surface area (TPSA) is 212 Å². The van der Waals surface area contributed by atoms with Crippen LogP contribution in [0.1, 0.15) is 23.7 Å². The predicted molar refractivity (Wildman–Crippen MR) is 158 cm³/mol. The highest BCUT2D eigenvalue weighted by atomic mass is 32.5. The molecule has 0 amide bonds. The SMILES string of the molecule is COCc1ncc2nc3n(c2n1)CCOP(O)(=S)OC[C@H]1O[C@@H](n2cnc4c(=O)[nH]c(C)nc42)[C@H](OP(O)(=S)OC3)[C@@H]1OC. The van der Waals surface area contributed by atoms with E-state index < -0.39 is 43.5 Å². The fourth-order valence-electron chi connectivity index (χ4n) is 5.01. The monoisotopic (exact) mass is 690 g/mol. The van der Waals surface area contributed by atoms with Crippen molar-refractivity contribution in [3.8, 4) is 0 Å². The minimum absolute atomic E-state index is 0.0587. The quantitative estimate of drug-likeness (QED) is 0.252. The van der Waals surface area contributed by atoms with Crippen LogP contribution in [0.2, 0.25) is 0 Å². The molecule has 0 spiro atoms. The van der Waals surface area contributed by atoms with Crippen molar-refractivity contribution in [3.05, 3.63) is 40.4 Å². The van der Waals surface area contributed by atoms with Gasteiger partial charge in [0.2, 0.25) is 0 Å². The predicted octanol–water partition coefficient (Wildman–Crippen LogP) is 0.709. The van der Waals surface area contributed by atoms with Crippen LogP contribution < -0.4 is 5.56 Å². The van der Waals surface area contributed by atoms with Crippen molar-refractivity contribution in [2.24, 2.45) is 0 Å². The molecule has 2 unspecified atom stereocenters. The molecular weight excluding hydrogens is 662 g/mol. The molecular formula is C22H28N8O10P2S2. The Kier molecular flexibility index (Phi) is 9.08. The molecule has 3 N–H and O–H groups in total. The van der Waals surface area contributed by atoms with Gasteiger partial charge in [0.05, 0.1) is 25.7 Å². The highest BCUT2D eigenvalue weighted by Gasteiger charge is 2.50. The fourth-order valence-corrected chi connectivity index (χ4v) is 7.46. The maximum atomic E-state index is 12.5. The molecule has 6 rings (SSSR count). The summed E-state index contributed by atoms with van der Waals surface area (Å²) in [6, 6.07) is 0. The zero-order valence-electron chi connectivity index (χ0n) is 23.5. The summed E-state index contributed by atoms with van der Waals surface area (Å²) >= 11 is 10.7. The first-order valence-corrected chi connectivity index (χ1v) is 18.3. The van der Waals surface area contributed by atoms with Crippen molar-refractivity contribution < 1.29 is 42.1 Å². The lowest BCUT2D eigenvalue weighted by molar-refractivity contribution is -0.0511. The second kappa shape index (κ2) is 12.6. The van der Waals surface area contributed by atoms with Crippen LogP contribution in [0.5, 0.6) is 0 Å². The van der Waals surface area contributed by atoms with Crippen LogP contribution in [0.3, 0.4) is 0 Å². The van der Waals surface area contributed by atoms with Gasteiger partial charge in [0.1, 0.15) is 48.7 Å². The summed E-state index contributed by atoms with van der Waals surface area (Å²) in [6.07, 6.45) is -1.13. The van der Waals surface area contributed by atoms with E-state index in [4.69, 9.17) is 55.9 Å². The number of aromatic nitrogens is 8. The molecule has 1 saturated heterocycles. The van der Waals surface area contributed by atoms with Gasteiger partial charge in [0.15, 0.2) is 28.9 Å². The lowest BCUT2D eigenvalue weighted by Crippen LogP contribution is -2.37. The van der Waals surface area contributed by atoms with Crippen LogP contribution in [0.15, 0.2) is 17.3 Å². The number of nitrogens with one attached hydrogen (secondary N) is 1. The summed E-state index contributed by atoms with van der Waals surface area (Å²) < 4.78 is 43.3. The number of methoxy groups -OCH3 is 2. The van der Waals surface area contributed by atoms with Crippen LogP contribution in [0.25, 0.3) is 22.3 Å². The number of hydrogen-bond acceptors (Lipinski definition) is 15. The Labute approximate surface area is 259 Å². The Morgan fingerprint density at radius 3 is 2.70 bits per heavy atom. The van der Waals surface area contributed by atoms with Crippen molar-refractivity contribution in [2.45, 2.75) is 51.2 Å². The third-order valence-corrected chi connectivity index (χ3v) is 10.0. The van der Waals surface area contributed by atoms with E-state index in [2.05, 4.69) is 29.9 Å². The molecule has 2 bridgehead atoms. The molecule has 238 valence electrons. The van der Waals surface area contributed by atoms with Crippen LogP contribution in [0, 0.1) is 6.92 Å². The van der Waals surface area contributed by atoms with Gasteiger partial charge >= 0.3 is 13.4 Å². The summed E-state index contributed by atoms with van der Waals surface area (Å²) in [4.78, 5) is 59.1. The van der Waals surface area contributed by atoms with Crippen LogP contribution in [-0.4, -0.2) is 94.6 Å². The number of aromatic amines is 1.